The van der Waals surface area contributed by atoms with E-state index >= 15 is 0 Å². The SMILES string of the molecule is O=C(c1ccc(C(F)(F)F)cc1)C(Cl)c1ccc(C(F)(F)F)cc1. The number of hydrogen-bond donors (Lipinski definition) is 0. The summed E-state index contributed by atoms with van der Waals surface area (Å²) in [6.07, 6.45) is -9.05. The van der Waals surface area contributed by atoms with Gasteiger partial charge < -0.3 is 0 Å². The van der Waals surface area contributed by atoms with Crippen molar-refractivity contribution in [1.82, 2.24) is 0 Å². The van der Waals surface area contributed by atoms with Crippen molar-refractivity contribution in [2.24, 2.45) is 0 Å². The Kier molecular flexibility index (Phi) is 4.94. The van der Waals surface area contributed by atoms with Crippen molar-refractivity contribution in [2.45, 2.75) is 17.7 Å². The van der Waals surface area contributed by atoms with Gasteiger partial charge in [-0.25, -0.2) is 0 Å². The predicted molar refractivity (Wildman–Crippen MR) is 75.8 cm³/mol. The minimum Gasteiger partial charge on any atom is -0.292 e. The van der Waals surface area contributed by atoms with Gasteiger partial charge in [0.05, 0.1) is 11.1 Å². The Balaban J connectivity index is 2.20. The van der Waals surface area contributed by atoms with Crippen molar-refractivity contribution < 1.29 is 31.1 Å². The molecular weight excluding hydrogens is 358 g/mol. The molecule has 0 saturated heterocycles. The third-order valence-electron chi connectivity index (χ3n) is 3.26. The lowest BCUT2D eigenvalue weighted by atomic mass is 10.0. The normalized spacial score (nSPS) is 13.6. The summed E-state index contributed by atoms with van der Waals surface area (Å²) in [6, 6.07) is 7.11. The lowest BCUT2D eigenvalue weighted by Gasteiger charge is -2.12. The van der Waals surface area contributed by atoms with E-state index in [-0.39, 0.29) is 11.1 Å². The Morgan fingerprint density at radius 2 is 1.12 bits per heavy atom. The quantitative estimate of drug-likeness (QED) is 0.376. The molecule has 2 aromatic carbocycles. The van der Waals surface area contributed by atoms with Gasteiger partial charge in [0.1, 0.15) is 5.38 Å². The monoisotopic (exact) mass is 366 g/mol. The van der Waals surface area contributed by atoms with Gasteiger partial charge in [-0.3, -0.25) is 4.79 Å². The van der Waals surface area contributed by atoms with Gasteiger partial charge in [0.15, 0.2) is 5.78 Å². The minimum atomic E-state index is -4.53. The second-order valence-corrected chi connectivity index (χ2v) is 5.36. The highest BCUT2D eigenvalue weighted by Crippen LogP contribution is 2.33. The van der Waals surface area contributed by atoms with Crippen LogP contribution >= 0.6 is 11.6 Å². The topological polar surface area (TPSA) is 17.1 Å². The molecule has 24 heavy (non-hydrogen) atoms. The van der Waals surface area contributed by atoms with E-state index in [1.54, 1.807) is 0 Å². The maximum atomic E-state index is 12.5. The average molecular weight is 367 g/mol. The average Bonchev–Trinajstić information content (AvgIpc) is 2.52. The molecular formula is C16H9ClF6O. The zero-order valence-corrected chi connectivity index (χ0v) is 12.5. The molecule has 128 valence electrons. The van der Waals surface area contributed by atoms with Gasteiger partial charge in [0.2, 0.25) is 0 Å². The van der Waals surface area contributed by atoms with Gasteiger partial charge >= 0.3 is 12.4 Å². The van der Waals surface area contributed by atoms with E-state index in [0.717, 1.165) is 48.5 Å². The van der Waals surface area contributed by atoms with Gasteiger partial charge in [0, 0.05) is 5.56 Å². The van der Waals surface area contributed by atoms with E-state index < -0.39 is 34.6 Å². The van der Waals surface area contributed by atoms with Crippen molar-refractivity contribution >= 4 is 17.4 Å². The van der Waals surface area contributed by atoms with Crippen LogP contribution in [0.25, 0.3) is 0 Å². The highest BCUT2D eigenvalue weighted by atomic mass is 35.5. The Hall–Kier alpha value is -2.02. The Morgan fingerprint density at radius 3 is 1.50 bits per heavy atom. The summed E-state index contributed by atoms with van der Waals surface area (Å²) in [6.45, 7) is 0. The number of carbonyl (C=O) groups excluding carboxylic acids is 1. The molecule has 0 amide bonds. The highest BCUT2D eigenvalue weighted by molar-refractivity contribution is 6.33. The van der Waals surface area contributed by atoms with Gasteiger partial charge in [-0.1, -0.05) is 24.3 Å². The smallest absolute Gasteiger partial charge is 0.292 e. The second kappa shape index (κ2) is 6.47. The molecule has 0 spiro atoms. The molecule has 0 radical (unpaired) electrons. The van der Waals surface area contributed by atoms with E-state index in [1.807, 2.05) is 0 Å². The zero-order chi connectivity index (χ0) is 18.1. The molecule has 0 aliphatic carbocycles. The summed E-state index contributed by atoms with van der Waals surface area (Å²) in [5.74, 6) is -0.704. The standard InChI is InChI=1S/C16H9ClF6O/c17-13(9-1-5-11(6-2-9)15(18,19)20)14(24)10-3-7-12(8-4-10)16(21,22)23/h1-8,13H. The fourth-order valence-corrected chi connectivity index (χ4v) is 2.23. The van der Waals surface area contributed by atoms with Crippen molar-refractivity contribution in [3.8, 4) is 0 Å². The molecule has 8 heteroatoms. The molecule has 1 unspecified atom stereocenters. The molecule has 0 bridgehead atoms. The molecule has 0 aliphatic heterocycles. The van der Waals surface area contributed by atoms with Crippen LogP contribution < -0.4 is 0 Å². The zero-order valence-electron chi connectivity index (χ0n) is 11.8. The lowest BCUT2D eigenvalue weighted by molar-refractivity contribution is -0.138. The molecule has 0 aromatic heterocycles. The number of rotatable bonds is 3. The van der Waals surface area contributed by atoms with Gasteiger partial charge in [-0.15, -0.1) is 11.6 Å². The van der Waals surface area contributed by atoms with Crippen LogP contribution in [0.5, 0.6) is 0 Å². The van der Waals surface area contributed by atoms with E-state index in [4.69, 9.17) is 11.6 Å². The van der Waals surface area contributed by atoms with Crippen LogP contribution in [0.3, 0.4) is 0 Å². The largest absolute Gasteiger partial charge is 0.416 e. The van der Waals surface area contributed by atoms with Crippen molar-refractivity contribution in [2.75, 3.05) is 0 Å². The van der Waals surface area contributed by atoms with Crippen LogP contribution in [0.15, 0.2) is 48.5 Å². The number of halogens is 7. The number of hydrogen-bond acceptors (Lipinski definition) is 1. The summed E-state index contributed by atoms with van der Waals surface area (Å²) in [7, 11) is 0. The Morgan fingerprint density at radius 1 is 0.750 bits per heavy atom. The molecule has 0 N–H and O–H groups in total. The first-order chi connectivity index (χ1) is 11.0. The molecule has 1 atom stereocenters. The fraction of sp³-hybridized carbons (Fsp3) is 0.188. The molecule has 2 rings (SSSR count). The number of ketones is 1. The molecule has 0 aliphatic rings. The van der Waals surface area contributed by atoms with Crippen molar-refractivity contribution in [1.29, 1.82) is 0 Å². The van der Waals surface area contributed by atoms with Crippen LogP contribution in [0.2, 0.25) is 0 Å². The predicted octanol–water partition coefficient (Wildman–Crippen LogP) is 5.89. The van der Waals surface area contributed by atoms with Crippen LogP contribution in [-0.2, 0) is 12.4 Å². The summed E-state index contributed by atoms with van der Waals surface area (Å²) < 4.78 is 74.9. The number of carbonyl (C=O) groups is 1. The van der Waals surface area contributed by atoms with Crippen molar-refractivity contribution in [3.05, 3.63) is 70.8 Å². The third-order valence-corrected chi connectivity index (χ3v) is 3.71. The molecule has 0 fully saturated rings. The first kappa shape index (κ1) is 18.3. The van der Waals surface area contributed by atoms with Crippen LogP contribution in [0.1, 0.15) is 32.4 Å². The van der Waals surface area contributed by atoms with E-state index in [0.29, 0.717) is 0 Å². The van der Waals surface area contributed by atoms with Crippen LogP contribution in [0, 0.1) is 0 Å². The number of benzene rings is 2. The van der Waals surface area contributed by atoms with Gasteiger partial charge in [0.25, 0.3) is 0 Å². The summed E-state index contributed by atoms with van der Waals surface area (Å²) in [5.41, 5.74) is -1.76. The van der Waals surface area contributed by atoms with E-state index in [2.05, 4.69) is 0 Å². The Bertz CT molecular complexity index is 716. The van der Waals surface area contributed by atoms with Crippen molar-refractivity contribution in [3.63, 3.8) is 0 Å². The first-order valence-corrected chi connectivity index (χ1v) is 6.96. The summed E-state index contributed by atoms with van der Waals surface area (Å²) in [4.78, 5) is 12.2. The third kappa shape index (κ3) is 4.08. The van der Waals surface area contributed by atoms with Crippen LogP contribution in [-0.4, -0.2) is 5.78 Å². The maximum absolute atomic E-state index is 12.5. The van der Waals surface area contributed by atoms with Gasteiger partial charge in [-0.2, -0.15) is 26.3 Å². The first-order valence-electron chi connectivity index (χ1n) is 6.53. The summed E-state index contributed by atoms with van der Waals surface area (Å²) in [5, 5.41) is -1.30. The fourth-order valence-electron chi connectivity index (χ4n) is 1.96. The van der Waals surface area contributed by atoms with Gasteiger partial charge in [-0.05, 0) is 29.8 Å². The molecule has 0 heterocycles. The molecule has 1 nitrogen and oxygen atoms in total. The highest BCUT2D eigenvalue weighted by Gasteiger charge is 2.32. The number of Topliss-reactive ketones (excluding diaryl/α,β-unsaturated/α-hetero) is 1. The maximum Gasteiger partial charge on any atom is 0.416 e. The minimum absolute atomic E-state index is 0.0668. The van der Waals surface area contributed by atoms with E-state index in [9.17, 15) is 31.1 Å². The number of alkyl halides is 7. The Labute approximate surface area is 137 Å². The van der Waals surface area contributed by atoms with E-state index in [1.165, 1.54) is 0 Å². The van der Waals surface area contributed by atoms with Crippen LogP contribution in [0.4, 0.5) is 26.3 Å². The molecule has 2 aromatic rings. The lowest BCUT2D eigenvalue weighted by Crippen LogP contribution is -2.10. The molecule has 0 saturated carbocycles. The second-order valence-electron chi connectivity index (χ2n) is 4.92. The summed E-state index contributed by atoms with van der Waals surface area (Å²) >= 11 is 5.93.